The van der Waals surface area contributed by atoms with Crippen molar-refractivity contribution in [3.8, 4) is 0 Å². The van der Waals surface area contributed by atoms with Crippen LogP contribution in [-0.2, 0) is 16.6 Å². The van der Waals surface area contributed by atoms with E-state index in [2.05, 4.69) is 10.0 Å². The van der Waals surface area contributed by atoms with Crippen LogP contribution in [0.4, 0.5) is 0 Å². The standard InChI is InChI=1S/C14H22N2O2S/c1-14(2,12-7-8-12)16-19(17,18)13-6-4-5-11(9-13)10-15-3/h4-6,9,12,15-16H,7-8,10H2,1-3H3. The van der Waals surface area contributed by atoms with Crippen LogP contribution >= 0.6 is 0 Å². The predicted octanol–water partition coefficient (Wildman–Crippen LogP) is 1.87. The lowest BCUT2D eigenvalue weighted by Crippen LogP contribution is -2.45. The monoisotopic (exact) mass is 282 g/mol. The highest BCUT2D eigenvalue weighted by Gasteiger charge is 2.40. The Kier molecular flexibility index (Phi) is 3.99. The number of benzene rings is 1. The molecule has 4 nitrogen and oxygen atoms in total. The minimum Gasteiger partial charge on any atom is -0.316 e. The summed E-state index contributed by atoms with van der Waals surface area (Å²) >= 11 is 0. The van der Waals surface area contributed by atoms with E-state index in [4.69, 9.17) is 0 Å². The molecule has 1 aliphatic rings. The molecule has 0 amide bonds. The van der Waals surface area contributed by atoms with E-state index in [9.17, 15) is 8.42 Å². The summed E-state index contributed by atoms with van der Waals surface area (Å²) in [5.74, 6) is 0.461. The number of hydrogen-bond acceptors (Lipinski definition) is 3. The maximum atomic E-state index is 12.4. The number of nitrogens with one attached hydrogen (secondary N) is 2. The van der Waals surface area contributed by atoms with Gasteiger partial charge in [-0.25, -0.2) is 13.1 Å². The van der Waals surface area contributed by atoms with Gasteiger partial charge in [-0.05, 0) is 57.4 Å². The van der Waals surface area contributed by atoms with E-state index in [-0.39, 0.29) is 5.54 Å². The third kappa shape index (κ3) is 3.55. The van der Waals surface area contributed by atoms with Crippen LogP contribution in [0, 0.1) is 5.92 Å². The van der Waals surface area contributed by atoms with Crippen molar-refractivity contribution in [2.75, 3.05) is 7.05 Å². The third-order valence-corrected chi connectivity index (χ3v) is 5.25. The van der Waals surface area contributed by atoms with E-state index in [0.29, 0.717) is 17.4 Å². The molecule has 0 aliphatic heterocycles. The van der Waals surface area contributed by atoms with Gasteiger partial charge in [-0.3, -0.25) is 0 Å². The Labute approximate surface area is 115 Å². The minimum atomic E-state index is -3.44. The Morgan fingerprint density at radius 3 is 2.58 bits per heavy atom. The van der Waals surface area contributed by atoms with Crippen LogP contribution < -0.4 is 10.0 Å². The van der Waals surface area contributed by atoms with E-state index in [0.717, 1.165) is 18.4 Å². The smallest absolute Gasteiger partial charge is 0.241 e. The van der Waals surface area contributed by atoms with Crippen molar-refractivity contribution in [2.24, 2.45) is 5.92 Å². The summed E-state index contributed by atoms with van der Waals surface area (Å²) in [5.41, 5.74) is 0.604. The molecule has 0 aromatic heterocycles. The summed E-state index contributed by atoms with van der Waals surface area (Å²) in [4.78, 5) is 0.342. The van der Waals surface area contributed by atoms with Gasteiger partial charge in [-0.2, -0.15) is 0 Å². The molecule has 1 fully saturated rings. The van der Waals surface area contributed by atoms with Gasteiger partial charge in [0.05, 0.1) is 4.90 Å². The third-order valence-electron chi connectivity index (χ3n) is 3.59. The zero-order valence-electron chi connectivity index (χ0n) is 11.7. The van der Waals surface area contributed by atoms with Crippen LogP contribution in [0.3, 0.4) is 0 Å². The van der Waals surface area contributed by atoms with Gasteiger partial charge in [0.25, 0.3) is 0 Å². The Morgan fingerprint density at radius 2 is 2.00 bits per heavy atom. The SMILES string of the molecule is CNCc1cccc(S(=O)(=O)NC(C)(C)C2CC2)c1. The molecule has 1 aromatic rings. The molecule has 19 heavy (non-hydrogen) atoms. The van der Waals surface area contributed by atoms with E-state index in [1.54, 1.807) is 18.2 Å². The Balaban J connectivity index is 2.21. The summed E-state index contributed by atoms with van der Waals surface area (Å²) in [6.07, 6.45) is 2.21. The number of rotatable bonds is 6. The summed E-state index contributed by atoms with van der Waals surface area (Å²) < 4.78 is 27.6. The topological polar surface area (TPSA) is 58.2 Å². The maximum Gasteiger partial charge on any atom is 0.241 e. The molecule has 1 saturated carbocycles. The van der Waals surface area contributed by atoms with Gasteiger partial charge < -0.3 is 5.32 Å². The largest absolute Gasteiger partial charge is 0.316 e. The van der Waals surface area contributed by atoms with Gasteiger partial charge in [0.15, 0.2) is 0 Å². The van der Waals surface area contributed by atoms with Gasteiger partial charge >= 0.3 is 0 Å². The Bertz CT molecular complexity index is 548. The van der Waals surface area contributed by atoms with Crippen molar-refractivity contribution in [2.45, 2.75) is 43.7 Å². The molecule has 2 rings (SSSR count). The second-order valence-electron chi connectivity index (χ2n) is 5.78. The van der Waals surface area contributed by atoms with Gasteiger partial charge in [-0.15, -0.1) is 0 Å². The normalized spacial score (nSPS) is 16.6. The van der Waals surface area contributed by atoms with E-state index >= 15 is 0 Å². The molecule has 1 aromatic carbocycles. The molecule has 0 heterocycles. The van der Waals surface area contributed by atoms with E-state index < -0.39 is 10.0 Å². The number of hydrogen-bond donors (Lipinski definition) is 2. The lowest BCUT2D eigenvalue weighted by atomic mass is 10.0. The molecular weight excluding hydrogens is 260 g/mol. The first-order valence-electron chi connectivity index (χ1n) is 6.63. The lowest BCUT2D eigenvalue weighted by molar-refractivity contribution is 0.400. The van der Waals surface area contributed by atoms with Crippen molar-refractivity contribution in [1.29, 1.82) is 0 Å². The van der Waals surface area contributed by atoms with Crippen molar-refractivity contribution < 1.29 is 8.42 Å². The average molecular weight is 282 g/mol. The quantitative estimate of drug-likeness (QED) is 0.837. The van der Waals surface area contributed by atoms with Gasteiger partial charge in [-0.1, -0.05) is 12.1 Å². The molecule has 5 heteroatoms. The van der Waals surface area contributed by atoms with Crippen LogP contribution in [-0.4, -0.2) is 21.0 Å². The molecule has 0 unspecified atom stereocenters. The summed E-state index contributed by atoms with van der Waals surface area (Å²) in [7, 11) is -1.60. The van der Waals surface area contributed by atoms with Crippen molar-refractivity contribution in [1.82, 2.24) is 10.0 Å². The molecule has 1 aliphatic carbocycles. The zero-order valence-corrected chi connectivity index (χ0v) is 12.5. The second-order valence-corrected chi connectivity index (χ2v) is 7.46. The lowest BCUT2D eigenvalue weighted by Gasteiger charge is -2.25. The van der Waals surface area contributed by atoms with Crippen LogP contribution in [0.2, 0.25) is 0 Å². The minimum absolute atomic E-state index is 0.342. The fraction of sp³-hybridized carbons (Fsp3) is 0.571. The van der Waals surface area contributed by atoms with Crippen molar-refractivity contribution in [3.63, 3.8) is 0 Å². The molecule has 0 saturated heterocycles. The summed E-state index contributed by atoms with van der Waals surface area (Å²) in [6, 6.07) is 7.07. The summed E-state index contributed by atoms with van der Waals surface area (Å²) in [5, 5.41) is 3.02. The van der Waals surface area contributed by atoms with Crippen LogP contribution in [0.5, 0.6) is 0 Å². The molecule has 0 radical (unpaired) electrons. The fourth-order valence-electron chi connectivity index (χ4n) is 2.32. The van der Waals surface area contributed by atoms with Crippen LogP contribution in [0.1, 0.15) is 32.3 Å². The van der Waals surface area contributed by atoms with E-state index in [1.165, 1.54) is 0 Å². The predicted molar refractivity (Wildman–Crippen MR) is 76.3 cm³/mol. The highest BCUT2D eigenvalue weighted by molar-refractivity contribution is 7.89. The Hall–Kier alpha value is -0.910. The second kappa shape index (κ2) is 5.23. The fourth-order valence-corrected chi connectivity index (χ4v) is 3.86. The summed E-state index contributed by atoms with van der Waals surface area (Å²) in [6.45, 7) is 4.58. The molecule has 0 bridgehead atoms. The first kappa shape index (κ1) is 14.5. The van der Waals surface area contributed by atoms with Gasteiger partial charge in [0.1, 0.15) is 0 Å². The molecular formula is C14H22N2O2S. The highest BCUT2D eigenvalue weighted by Crippen LogP contribution is 2.39. The molecule has 0 spiro atoms. The van der Waals surface area contributed by atoms with Crippen LogP contribution in [0.25, 0.3) is 0 Å². The van der Waals surface area contributed by atoms with Crippen molar-refractivity contribution in [3.05, 3.63) is 29.8 Å². The number of sulfonamides is 1. The van der Waals surface area contributed by atoms with Gasteiger partial charge in [0, 0.05) is 12.1 Å². The van der Waals surface area contributed by atoms with Gasteiger partial charge in [0.2, 0.25) is 10.0 Å². The zero-order chi connectivity index (χ0) is 14.1. The first-order valence-corrected chi connectivity index (χ1v) is 8.11. The maximum absolute atomic E-state index is 12.4. The molecule has 2 N–H and O–H groups in total. The molecule has 106 valence electrons. The molecule has 0 atom stereocenters. The van der Waals surface area contributed by atoms with E-state index in [1.807, 2.05) is 27.0 Å². The first-order chi connectivity index (χ1) is 8.85. The highest BCUT2D eigenvalue weighted by atomic mass is 32.2. The van der Waals surface area contributed by atoms with Crippen molar-refractivity contribution >= 4 is 10.0 Å². The Morgan fingerprint density at radius 1 is 1.32 bits per heavy atom. The average Bonchev–Trinajstić information content (AvgIpc) is 3.12. The van der Waals surface area contributed by atoms with Crippen LogP contribution in [0.15, 0.2) is 29.2 Å².